The average molecular weight is 412 g/mol. The van der Waals surface area contributed by atoms with Crippen LogP contribution in [-0.4, -0.2) is 20.6 Å². The summed E-state index contributed by atoms with van der Waals surface area (Å²) in [6, 6.07) is 11.3. The van der Waals surface area contributed by atoms with E-state index in [9.17, 15) is 13.2 Å². The summed E-state index contributed by atoms with van der Waals surface area (Å²) in [4.78, 5) is 12.5. The highest BCUT2D eigenvalue weighted by Crippen LogP contribution is 2.22. The lowest BCUT2D eigenvalue weighted by molar-refractivity contribution is -0.117. The molecule has 0 heterocycles. The van der Waals surface area contributed by atoms with Crippen molar-refractivity contribution in [3.8, 4) is 0 Å². The zero-order valence-corrected chi connectivity index (χ0v) is 16.7. The van der Waals surface area contributed by atoms with Gasteiger partial charge in [0.15, 0.2) is 9.84 Å². The van der Waals surface area contributed by atoms with Gasteiger partial charge in [0, 0.05) is 22.4 Å². The van der Waals surface area contributed by atoms with Crippen LogP contribution in [0.3, 0.4) is 0 Å². The number of sulfone groups is 1. The van der Waals surface area contributed by atoms with Crippen LogP contribution in [0.1, 0.15) is 30.5 Å². The number of halogens is 2. The van der Waals surface area contributed by atoms with Gasteiger partial charge in [-0.15, -0.1) is 0 Å². The fourth-order valence-corrected chi connectivity index (χ4v) is 3.49. The molecule has 0 saturated heterocycles. The van der Waals surface area contributed by atoms with E-state index in [0.29, 0.717) is 22.0 Å². The fourth-order valence-electron chi connectivity index (χ4n) is 2.39. The third-order valence-corrected chi connectivity index (χ3v) is 5.50. The zero-order chi connectivity index (χ0) is 19.3. The standard InChI is InChI=1S/C19H19Cl2NO3S/c1-3-18(14-5-9-16(10-6-14)26(2,24)25)22-19(23)11-7-13-4-8-15(20)12-17(13)21/h4-12,18H,3H2,1-2H3,(H,22,23)/b11-7+/t18-/m0/s1. The molecule has 138 valence electrons. The Morgan fingerprint density at radius 3 is 2.35 bits per heavy atom. The monoisotopic (exact) mass is 411 g/mol. The molecular weight excluding hydrogens is 393 g/mol. The van der Waals surface area contributed by atoms with Crippen LogP contribution in [-0.2, 0) is 14.6 Å². The predicted molar refractivity (Wildman–Crippen MR) is 106 cm³/mol. The molecule has 0 aliphatic rings. The van der Waals surface area contributed by atoms with Crippen LogP contribution in [0.2, 0.25) is 10.0 Å². The lowest BCUT2D eigenvalue weighted by Crippen LogP contribution is -2.26. The van der Waals surface area contributed by atoms with E-state index in [4.69, 9.17) is 23.2 Å². The topological polar surface area (TPSA) is 63.2 Å². The third-order valence-electron chi connectivity index (χ3n) is 3.81. The highest BCUT2D eigenvalue weighted by molar-refractivity contribution is 7.90. The highest BCUT2D eigenvalue weighted by atomic mass is 35.5. The quantitative estimate of drug-likeness (QED) is 0.701. The van der Waals surface area contributed by atoms with Crippen molar-refractivity contribution in [2.24, 2.45) is 0 Å². The van der Waals surface area contributed by atoms with Gasteiger partial charge in [0.05, 0.1) is 10.9 Å². The van der Waals surface area contributed by atoms with Crippen molar-refractivity contribution >= 4 is 45.0 Å². The lowest BCUT2D eigenvalue weighted by Gasteiger charge is -2.16. The summed E-state index contributed by atoms with van der Waals surface area (Å²) in [6.07, 6.45) is 4.85. The Bertz CT molecular complexity index is 922. The van der Waals surface area contributed by atoms with Gasteiger partial charge in [-0.1, -0.05) is 48.3 Å². The van der Waals surface area contributed by atoms with E-state index in [-0.39, 0.29) is 16.8 Å². The van der Waals surface area contributed by atoms with Gasteiger partial charge < -0.3 is 5.32 Å². The molecule has 2 aromatic rings. The molecule has 0 unspecified atom stereocenters. The molecule has 0 spiro atoms. The maximum Gasteiger partial charge on any atom is 0.244 e. The Balaban J connectivity index is 2.09. The molecule has 0 fully saturated rings. The molecule has 1 atom stereocenters. The maximum absolute atomic E-state index is 12.2. The van der Waals surface area contributed by atoms with Crippen LogP contribution in [0.25, 0.3) is 6.08 Å². The number of amides is 1. The van der Waals surface area contributed by atoms with Gasteiger partial charge in [-0.2, -0.15) is 0 Å². The van der Waals surface area contributed by atoms with E-state index in [1.54, 1.807) is 48.5 Å². The molecule has 4 nitrogen and oxygen atoms in total. The van der Waals surface area contributed by atoms with E-state index in [1.165, 1.54) is 6.08 Å². The van der Waals surface area contributed by atoms with E-state index in [0.717, 1.165) is 11.8 Å². The van der Waals surface area contributed by atoms with E-state index < -0.39 is 9.84 Å². The molecule has 0 aliphatic heterocycles. The van der Waals surface area contributed by atoms with Crippen molar-refractivity contribution in [3.05, 3.63) is 69.7 Å². The Kier molecular flexibility index (Phi) is 6.87. The largest absolute Gasteiger partial charge is 0.346 e. The molecule has 0 radical (unpaired) electrons. The number of nitrogens with one attached hydrogen (secondary N) is 1. The van der Waals surface area contributed by atoms with Crippen LogP contribution in [0.5, 0.6) is 0 Å². The molecule has 0 bridgehead atoms. The Hall–Kier alpha value is -1.82. The second kappa shape index (κ2) is 8.71. The first kappa shape index (κ1) is 20.5. The van der Waals surface area contributed by atoms with Crippen LogP contribution >= 0.6 is 23.2 Å². The number of carbonyl (C=O) groups is 1. The van der Waals surface area contributed by atoms with Crippen LogP contribution in [0.4, 0.5) is 0 Å². The van der Waals surface area contributed by atoms with Crippen molar-refractivity contribution in [1.29, 1.82) is 0 Å². The van der Waals surface area contributed by atoms with Crippen molar-refractivity contribution in [1.82, 2.24) is 5.32 Å². The second-order valence-electron chi connectivity index (χ2n) is 5.81. The number of carbonyl (C=O) groups excluding carboxylic acids is 1. The van der Waals surface area contributed by atoms with Gasteiger partial charge in [-0.25, -0.2) is 8.42 Å². The molecule has 7 heteroatoms. The van der Waals surface area contributed by atoms with Crippen molar-refractivity contribution in [2.75, 3.05) is 6.26 Å². The SMILES string of the molecule is CC[C@H](NC(=O)/C=C/c1ccc(Cl)cc1Cl)c1ccc(S(C)(=O)=O)cc1. The normalized spacial score (nSPS) is 12.9. The van der Waals surface area contributed by atoms with Gasteiger partial charge in [0.25, 0.3) is 0 Å². The Labute approximate surface area is 163 Å². The van der Waals surface area contributed by atoms with Crippen LogP contribution in [0.15, 0.2) is 53.4 Å². The molecule has 26 heavy (non-hydrogen) atoms. The minimum absolute atomic E-state index is 0.221. The molecule has 1 amide bonds. The smallest absolute Gasteiger partial charge is 0.244 e. The van der Waals surface area contributed by atoms with Crippen molar-refractivity contribution in [2.45, 2.75) is 24.3 Å². The van der Waals surface area contributed by atoms with E-state index >= 15 is 0 Å². The average Bonchev–Trinajstić information content (AvgIpc) is 2.58. The number of rotatable bonds is 6. The second-order valence-corrected chi connectivity index (χ2v) is 8.67. The van der Waals surface area contributed by atoms with Crippen molar-refractivity contribution in [3.63, 3.8) is 0 Å². The molecular formula is C19H19Cl2NO3S. The Morgan fingerprint density at radius 1 is 1.15 bits per heavy atom. The zero-order valence-electron chi connectivity index (χ0n) is 14.4. The Morgan fingerprint density at radius 2 is 1.81 bits per heavy atom. The maximum atomic E-state index is 12.2. The summed E-state index contributed by atoms with van der Waals surface area (Å²) in [5, 5.41) is 3.89. The summed E-state index contributed by atoms with van der Waals surface area (Å²) in [7, 11) is -3.24. The molecule has 0 aromatic heterocycles. The van der Waals surface area contributed by atoms with Crippen LogP contribution in [0, 0.1) is 0 Å². The summed E-state index contributed by atoms with van der Waals surface area (Å²) >= 11 is 11.9. The number of benzene rings is 2. The van der Waals surface area contributed by atoms with Crippen molar-refractivity contribution < 1.29 is 13.2 Å². The summed E-state index contributed by atoms with van der Waals surface area (Å²) in [5.41, 5.74) is 1.53. The molecule has 0 saturated carbocycles. The molecule has 1 N–H and O–H groups in total. The number of hydrogen-bond donors (Lipinski definition) is 1. The van der Waals surface area contributed by atoms with Gasteiger partial charge >= 0.3 is 0 Å². The first-order valence-electron chi connectivity index (χ1n) is 7.94. The van der Waals surface area contributed by atoms with E-state index in [1.807, 2.05) is 6.92 Å². The molecule has 2 rings (SSSR count). The minimum Gasteiger partial charge on any atom is -0.346 e. The predicted octanol–water partition coefficient (Wildman–Crippen LogP) is 4.68. The van der Waals surface area contributed by atoms with Gasteiger partial charge in [0.2, 0.25) is 5.91 Å². The minimum atomic E-state index is -3.24. The van der Waals surface area contributed by atoms with Gasteiger partial charge in [-0.05, 0) is 47.9 Å². The van der Waals surface area contributed by atoms with Crippen LogP contribution < -0.4 is 5.32 Å². The van der Waals surface area contributed by atoms with Gasteiger partial charge in [-0.3, -0.25) is 4.79 Å². The third kappa shape index (κ3) is 5.59. The summed E-state index contributed by atoms with van der Waals surface area (Å²) in [5.74, 6) is -0.268. The summed E-state index contributed by atoms with van der Waals surface area (Å²) in [6.45, 7) is 1.94. The lowest BCUT2D eigenvalue weighted by atomic mass is 10.0. The highest BCUT2D eigenvalue weighted by Gasteiger charge is 2.13. The first-order chi connectivity index (χ1) is 12.2. The summed E-state index contributed by atoms with van der Waals surface area (Å²) < 4.78 is 23.1. The van der Waals surface area contributed by atoms with E-state index in [2.05, 4.69) is 5.32 Å². The number of hydrogen-bond acceptors (Lipinski definition) is 3. The molecule has 0 aliphatic carbocycles. The fraction of sp³-hybridized carbons (Fsp3) is 0.211. The molecule has 2 aromatic carbocycles. The first-order valence-corrected chi connectivity index (χ1v) is 10.6. The van der Waals surface area contributed by atoms with Gasteiger partial charge in [0.1, 0.15) is 0 Å².